The van der Waals surface area contributed by atoms with E-state index in [9.17, 15) is 8.42 Å². The number of hydrogen-bond acceptors (Lipinski definition) is 3. The summed E-state index contributed by atoms with van der Waals surface area (Å²) in [4.78, 5) is 0. The van der Waals surface area contributed by atoms with Crippen molar-refractivity contribution in [1.29, 1.82) is 0 Å². The number of nitrogens with one attached hydrogen (secondary N) is 1. The second-order valence-electron chi connectivity index (χ2n) is 3.74. The summed E-state index contributed by atoms with van der Waals surface area (Å²) in [6, 6.07) is 5.26. The van der Waals surface area contributed by atoms with Crippen LogP contribution in [0.4, 0.5) is 5.69 Å². The van der Waals surface area contributed by atoms with Crippen molar-refractivity contribution in [2.45, 2.75) is 13.3 Å². The van der Waals surface area contributed by atoms with Crippen LogP contribution in [0.1, 0.15) is 17.5 Å². The van der Waals surface area contributed by atoms with Crippen molar-refractivity contribution in [2.24, 2.45) is 0 Å². The minimum atomic E-state index is -3.27. The fourth-order valence-corrected chi connectivity index (χ4v) is 1.89. The lowest BCUT2D eigenvalue weighted by atomic mass is 10.1. The first-order valence-electron chi connectivity index (χ1n) is 5.10. The highest BCUT2D eigenvalue weighted by Crippen LogP contribution is 2.14. The number of rotatable bonds is 3. The summed E-state index contributed by atoms with van der Waals surface area (Å²) in [5, 5.41) is 8.61. The first-order chi connectivity index (χ1) is 7.90. The van der Waals surface area contributed by atoms with Crippen LogP contribution in [0.2, 0.25) is 0 Å². The topological polar surface area (TPSA) is 66.4 Å². The van der Waals surface area contributed by atoms with Crippen molar-refractivity contribution in [3.63, 3.8) is 0 Å². The van der Waals surface area contributed by atoms with Crippen LogP contribution in [0.25, 0.3) is 0 Å². The van der Waals surface area contributed by atoms with Crippen LogP contribution in [0.5, 0.6) is 0 Å². The van der Waals surface area contributed by atoms with Crippen LogP contribution in [0, 0.1) is 18.8 Å². The number of hydrogen-bond donors (Lipinski definition) is 2. The number of benzene rings is 1. The lowest BCUT2D eigenvalue weighted by Gasteiger charge is -2.05. The maximum absolute atomic E-state index is 11.1. The standard InChI is InChI=1S/C12H15NO3S/c1-10-7-11(5-3-4-6-14)9-12(8-10)13-17(2,15)16/h7-9,13-14H,4,6H2,1-2H3. The Morgan fingerprint density at radius 3 is 2.65 bits per heavy atom. The van der Waals surface area contributed by atoms with Crippen molar-refractivity contribution in [1.82, 2.24) is 0 Å². The molecule has 5 heteroatoms. The molecule has 92 valence electrons. The summed E-state index contributed by atoms with van der Waals surface area (Å²) >= 11 is 0. The minimum absolute atomic E-state index is 0.0211. The van der Waals surface area contributed by atoms with Gasteiger partial charge in [-0.1, -0.05) is 11.8 Å². The monoisotopic (exact) mass is 253 g/mol. The highest BCUT2D eigenvalue weighted by atomic mass is 32.2. The summed E-state index contributed by atoms with van der Waals surface area (Å²) in [6.45, 7) is 1.89. The Morgan fingerprint density at radius 2 is 2.06 bits per heavy atom. The van der Waals surface area contributed by atoms with E-state index in [4.69, 9.17) is 5.11 Å². The molecule has 0 bridgehead atoms. The molecule has 0 unspecified atom stereocenters. The van der Waals surface area contributed by atoms with E-state index >= 15 is 0 Å². The Kier molecular flexibility index (Phi) is 4.55. The summed E-state index contributed by atoms with van der Waals surface area (Å²) in [7, 11) is -3.27. The predicted octanol–water partition coefficient (Wildman–Crippen LogP) is 1.10. The average molecular weight is 253 g/mol. The van der Waals surface area contributed by atoms with Gasteiger partial charge in [0.05, 0.1) is 12.9 Å². The van der Waals surface area contributed by atoms with Gasteiger partial charge in [0.25, 0.3) is 0 Å². The zero-order valence-corrected chi connectivity index (χ0v) is 10.6. The van der Waals surface area contributed by atoms with E-state index in [1.807, 2.05) is 13.0 Å². The average Bonchev–Trinajstić information content (AvgIpc) is 2.14. The van der Waals surface area contributed by atoms with Crippen LogP contribution in [0.3, 0.4) is 0 Å². The second kappa shape index (κ2) is 5.71. The molecule has 0 fully saturated rings. The van der Waals surface area contributed by atoms with Gasteiger partial charge in [-0.15, -0.1) is 0 Å². The van der Waals surface area contributed by atoms with Crippen molar-refractivity contribution >= 4 is 15.7 Å². The van der Waals surface area contributed by atoms with E-state index in [2.05, 4.69) is 16.6 Å². The molecule has 0 spiro atoms. The Morgan fingerprint density at radius 1 is 1.35 bits per heavy atom. The summed E-state index contributed by atoms with van der Waals surface area (Å²) in [5.41, 5.74) is 2.15. The Labute approximate surface area is 102 Å². The molecule has 0 saturated carbocycles. The quantitative estimate of drug-likeness (QED) is 0.793. The van der Waals surface area contributed by atoms with Crippen LogP contribution < -0.4 is 4.72 Å². The van der Waals surface area contributed by atoms with Gasteiger partial charge >= 0.3 is 0 Å². The van der Waals surface area contributed by atoms with E-state index in [1.165, 1.54) is 0 Å². The summed E-state index contributed by atoms with van der Waals surface area (Å²) in [6.07, 6.45) is 1.51. The smallest absolute Gasteiger partial charge is 0.229 e. The lowest BCUT2D eigenvalue weighted by Crippen LogP contribution is -2.09. The van der Waals surface area contributed by atoms with Gasteiger partial charge in [0.2, 0.25) is 10.0 Å². The summed E-state index contributed by atoms with van der Waals surface area (Å²) in [5.74, 6) is 5.66. The van der Waals surface area contributed by atoms with Gasteiger partial charge in [-0.3, -0.25) is 4.72 Å². The molecule has 1 aromatic rings. The van der Waals surface area contributed by atoms with Crippen LogP contribution in [-0.4, -0.2) is 26.4 Å². The van der Waals surface area contributed by atoms with E-state index in [0.29, 0.717) is 12.1 Å². The second-order valence-corrected chi connectivity index (χ2v) is 5.49. The van der Waals surface area contributed by atoms with Crippen molar-refractivity contribution in [2.75, 3.05) is 17.6 Å². The Bertz CT molecular complexity index is 553. The molecule has 0 aliphatic rings. The van der Waals surface area contributed by atoms with Crippen LogP contribution in [0.15, 0.2) is 18.2 Å². The van der Waals surface area contributed by atoms with Gasteiger partial charge in [0.1, 0.15) is 0 Å². The SMILES string of the molecule is Cc1cc(C#CCCO)cc(NS(C)(=O)=O)c1. The molecule has 0 aliphatic heterocycles. The molecule has 0 aliphatic carbocycles. The molecule has 1 aromatic carbocycles. The lowest BCUT2D eigenvalue weighted by molar-refractivity contribution is 0.305. The van der Waals surface area contributed by atoms with Gasteiger partial charge in [0, 0.05) is 17.7 Å². The number of sulfonamides is 1. The van der Waals surface area contributed by atoms with Gasteiger partial charge in [-0.2, -0.15) is 0 Å². The van der Waals surface area contributed by atoms with E-state index in [-0.39, 0.29) is 6.61 Å². The van der Waals surface area contributed by atoms with Gasteiger partial charge < -0.3 is 5.11 Å². The highest BCUT2D eigenvalue weighted by molar-refractivity contribution is 7.92. The number of aryl methyl sites for hydroxylation is 1. The maximum Gasteiger partial charge on any atom is 0.229 e. The molecule has 0 heterocycles. The van der Waals surface area contributed by atoms with Gasteiger partial charge in [-0.25, -0.2) is 8.42 Å². The Hall–Kier alpha value is -1.51. The fraction of sp³-hybridized carbons (Fsp3) is 0.333. The van der Waals surface area contributed by atoms with E-state index in [1.54, 1.807) is 12.1 Å². The maximum atomic E-state index is 11.1. The molecule has 0 saturated heterocycles. The molecule has 1 rings (SSSR count). The molecule has 0 amide bonds. The molecule has 0 radical (unpaired) electrons. The first-order valence-corrected chi connectivity index (χ1v) is 6.99. The number of anilines is 1. The highest BCUT2D eigenvalue weighted by Gasteiger charge is 2.03. The number of aliphatic hydroxyl groups excluding tert-OH is 1. The molecule has 0 atom stereocenters. The predicted molar refractivity (Wildman–Crippen MR) is 68.2 cm³/mol. The van der Waals surface area contributed by atoms with Gasteiger partial charge in [-0.05, 0) is 30.7 Å². The van der Waals surface area contributed by atoms with Crippen LogP contribution in [-0.2, 0) is 10.0 Å². The minimum Gasteiger partial charge on any atom is -0.395 e. The molecular weight excluding hydrogens is 238 g/mol. The molecule has 4 nitrogen and oxygen atoms in total. The van der Waals surface area contributed by atoms with Crippen molar-refractivity contribution < 1.29 is 13.5 Å². The third kappa shape index (κ3) is 5.38. The largest absolute Gasteiger partial charge is 0.395 e. The zero-order valence-electron chi connectivity index (χ0n) is 9.82. The van der Waals surface area contributed by atoms with Gasteiger partial charge in [0.15, 0.2) is 0 Å². The normalized spacial score (nSPS) is 10.5. The molecule has 17 heavy (non-hydrogen) atoms. The third-order valence-electron chi connectivity index (χ3n) is 1.85. The summed E-state index contributed by atoms with van der Waals surface area (Å²) < 4.78 is 24.6. The van der Waals surface area contributed by atoms with Crippen molar-refractivity contribution in [3.8, 4) is 11.8 Å². The van der Waals surface area contributed by atoms with E-state index < -0.39 is 10.0 Å². The number of aliphatic hydroxyl groups is 1. The molecular formula is C12H15NO3S. The third-order valence-corrected chi connectivity index (χ3v) is 2.46. The molecule has 2 N–H and O–H groups in total. The first kappa shape index (κ1) is 13.6. The fourth-order valence-electron chi connectivity index (χ4n) is 1.35. The molecule has 0 aromatic heterocycles. The Balaban J connectivity index is 2.99. The van der Waals surface area contributed by atoms with Crippen LogP contribution >= 0.6 is 0 Å². The zero-order chi connectivity index (χ0) is 12.9. The van der Waals surface area contributed by atoms with Crippen molar-refractivity contribution in [3.05, 3.63) is 29.3 Å². The van der Waals surface area contributed by atoms with E-state index in [0.717, 1.165) is 17.4 Å².